The monoisotopic (exact) mass is 610 g/mol. The van der Waals surface area contributed by atoms with E-state index in [0.29, 0.717) is 18.2 Å². The minimum Gasteiger partial charge on any atom is -0.474 e. The molecule has 41 heavy (non-hydrogen) atoms. The Morgan fingerprint density at radius 3 is 2.22 bits per heavy atom. The number of halogens is 7. The van der Waals surface area contributed by atoms with Crippen molar-refractivity contribution in [3.05, 3.63) is 42.6 Å². The van der Waals surface area contributed by atoms with E-state index in [1.807, 2.05) is 0 Å². The van der Waals surface area contributed by atoms with E-state index < -0.39 is 58.4 Å². The maximum absolute atomic E-state index is 14.8. The predicted octanol–water partition coefficient (Wildman–Crippen LogP) is 4.97. The molecule has 0 unspecified atom stereocenters. The summed E-state index contributed by atoms with van der Waals surface area (Å²) in [6.07, 6.45) is -13.7. The predicted molar refractivity (Wildman–Crippen MR) is 127 cm³/mol. The van der Waals surface area contributed by atoms with Crippen LogP contribution in [0.2, 0.25) is 0 Å². The highest BCUT2D eigenvalue weighted by molar-refractivity contribution is 7.90. The first-order valence-corrected chi connectivity index (χ1v) is 14.0. The lowest BCUT2D eigenvalue weighted by atomic mass is 10.0. The van der Waals surface area contributed by atoms with Gasteiger partial charge in [-0.2, -0.15) is 26.3 Å². The van der Waals surface area contributed by atoms with E-state index in [2.05, 4.69) is 14.7 Å². The number of alkyl halides is 6. The summed E-state index contributed by atoms with van der Waals surface area (Å²) < 4.78 is 127. The van der Waals surface area contributed by atoms with Gasteiger partial charge in [0.15, 0.2) is 15.5 Å². The molecule has 0 spiro atoms. The molecule has 3 aromatic rings. The van der Waals surface area contributed by atoms with Gasteiger partial charge in [-0.05, 0) is 37.1 Å². The summed E-state index contributed by atoms with van der Waals surface area (Å²) in [6, 6.07) is 3.54. The lowest BCUT2D eigenvalue weighted by molar-refractivity contribution is -0.309. The van der Waals surface area contributed by atoms with Crippen molar-refractivity contribution in [3.63, 3.8) is 0 Å². The van der Waals surface area contributed by atoms with Gasteiger partial charge in [0.1, 0.15) is 18.2 Å². The topological polar surface area (TPSA) is 104 Å². The number of fused-ring (bicyclic) bond motifs is 3. The van der Waals surface area contributed by atoms with E-state index >= 15 is 0 Å². The Kier molecular flexibility index (Phi) is 7.06. The molecule has 1 amide bonds. The first-order valence-electron chi connectivity index (χ1n) is 12.1. The maximum atomic E-state index is 14.8. The van der Waals surface area contributed by atoms with Crippen molar-refractivity contribution >= 4 is 27.0 Å². The average molecular weight is 611 g/mol. The smallest absolute Gasteiger partial charge is 0.434 e. The summed E-state index contributed by atoms with van der Waals surface area (Å²) in [5.41, 5.74) is 0.244. The molecular formula is C24H21F7N4O5S. The number of nitrogens with zero attached hydrogens (tertiary/aromatic N) is 4. The zero-order valence-corrected chi connectivity index (χ0v) is 21.8. The normalized spacial score (nSPS) is 21.5. The van der Waals surface area contributed by atoms with Crippen LogP contribution < -0.4 is 4.74 Å². The van der Waals surface area contributed by atoms with E-state index in [1.54, 1.807) is 6.07 Å². The molecule has 0 aliphatic carbocycles. The van der Waals surface area contributed by atoms with E-state index in [-0.39, 0.29) is 35.0 Å². The van der Waals surface area contributed by atoms with Crippen LogP contribution in [-0.2, 0) is 14.6 Å². The summed E-state index contributed by atoms with van der Waals surface area (Å²) >= 11 is 0. The summed E-state index contributed by atoms with van der Waals surface area (Å²) in [7, 11) is -3.64. The van der Waals surface area contributed by atoms with Gasteiger partial charge in [0, 0.05) is 37.4 Å². The molecule has 2 atom stereocenters. The van der Waals surface area contributed by atoms with E-state index in [4.69, 9.17) is 4.74 Å². The molecule has 5 rings (SSSR count). The Hall–Kier alpha value is -3.63. The molecule has 2 fully saturated rings. The Labute approximate surface area is 227 Å². The Balaban J connectivity index is 1.33. The van der Waals surface area contributed by atoms with Crippen LogP contribution in [0.5, 0.6) is 5.88 Å². The van der Waals surface area contributed by atoms with Gasteiger partial charge in [0.25, 0.3) is 6.10 Å². The second-order valence-corrected chi connectivity index (χ2v) is 11.9. The van der Waals surface area contributed by atoms with Crippen LogP contribution in [0.1, 0.15) is 25.7 Å². The van der Waals surface area contributed by atoms with Crippen molar-refractivity contribution in [2.45, 2.75) is 67.2 Å². The summed E-state index contributed by atoms with van der Waals surface area (Å²) in [6.45, 7) is 0. The first kappa shape index (κ1) is 28.9. The van der Waals surface area contributed by atoms with E-state index in [0.717, 1.165) is 23.5 Å². The number of carbonyl (C=O) groups excluding carboxylic acids is 1. The van der Waals surface area contributed by atoms with Crippen molar-refractivity contribution < 1.29 is 53.4 Å². The molecule has 9 nitrogen and oxygen atoms in total. The third kappa shape index (κ3) is 5.63. The fourth-order valence-electron chi connectivity index (χ4n) is 5.29. The lowest BCUT2D eigenvalue weighted by Gasteiger charge is -2.38. The molecule has 1 aromatic carbocycles. The maximum Gasteiger partial charge on any atom is 0.434 e. The standard InChI is InChI=1S/C24H21F7N4O5S/c1-41(37,38)15-4-5-18(17(25)10-15)34-7-6-16-19(34)32-11-33-20(16)39-14-8-12-2-3-13(9-14)35(12)22(36)40-21(23(26,27)28)24(29,30)31/h4-7,10-14,21H,2-3,8-9H2,1H3/t12-,13-/m0/s1. The van der Waals surface area contributed by atoms with Crippen molar-refractivity contribution in [2.75, 3.05) is 6.26 Å². The number of piperidine rings is 1. The molecular weight excluding hydrogens is 589 g/mol. The van der Waals surface area contributed by atoms with Crippen LogP contribution in [0.25, 0.3) is 16.7 Å². The zero-order chi connectivity index (χ0) is 29.9. The van der Waals surface area contributed by atoms with Gasteiger partial charge in [-0.1, -0.05) is 0 Å². The van der Waals surface area contributed by atoms with Crippen molar-refractivity contribution in [2.24, 2.45) is 0 Å². The van der Waals surface area contributed by atoms with Gasteiger partial charge in [-0.15, -0.1) is 0 Å². The fourth-order valence-corrected chi connectivity index (χ4v) is 5.92. The van der Waals surface area contributed by atoms with Gasteiger partial charge < -0.3 is 14.4 Å². The highest BCUT2D eigenvalue weighted by Crippen LogP contribution is 2.41. The number of rotatable bonds is 5. The summed E-state index contributed by atoms with van der Waals surface area (Å²) in [5.74, 6) is -0.725. The second kappa shape index (κ2) is 10.0. The number of sulfone groups is 1. The van der Waals surface area contributed by atoms with Gasteiger partial charge in [0.05, 0.1) is 16.0 Å². The largest absolute Gasteiger partial charge is 0.474 e. The van der Waals surface area contributed by atoms with Crippen LogP contribution in [0, 0.1) is 5.82 Å². The minimum atomic E-state index is -5.82. The zero-order valence-electron chi connectivity index (χ0n) is 21.0. The van der Waals surface area contributed by atoms with Crippen LogP contribution in [0.15, 0.2) is 41.7 Å². The molecule has 0 saturated carbocycles. The highest BCUT2D eigenvalue weighted by Gasteiger charge is 2.61. The van der Waals surface area contributed by atoms with E-state index in [1.165, 1.54) is 22.9 Å². The first-order chi connectivity index (χ1) is 19.0. The number of hydrogen-bond donors (Lipinski definition) is 0. The fraction of sp³-hybridized carbons (Fsp3) is 0.458. The number of aromatic nitrogens is 3. The highest BCUT2D eigenvalue weighted by atomic mass is 32.2. The SMILES string of the molecule is CS(=O)(=O)c1ccc(-n2ccc3c(OC4C[C@@H]5CC[C@@H](C4)N5C(=O)OC(C(F)(F)F)C(F)(F)F)ncnc32)c(F)c1. The van der Waals surface area contributed by atoms with Crippen LogP contribution in [0.4, 0.5) is 35.5 Å². The summed E-state index contributed by atoms with van der Waals surface area (Å²) in [4.78, 5) is 21.4. The molecule has 2 aliphatic rings. The van der Waals surface area contributed by atoms with Crippen LogP contribution in [-0.4, -0.2) is 76.8 Å². The van der Waals surface area contributed by atoms with Crippen LogP contribution >= 0.6 is 0 Å². The minimum absolute atomic E-state index is 0.0120. The quantitative estimate of drug-likeness (QED) is 0.376. The van der Waals surface area contributed by atoms with E-state index in [9.17, 15) is 43.9 Å². The molecule has 222 valence electrons. The Morgan fingerprint density at radius 1 is 1.02 bits per heavy atom. The molecule has 0 radical (unpaired) electrons. The van der Waals surface area contributed by atoms with Crippen molar-refractivity contribution in [1.82, 2.24) is 19.4 Å². The Bertz CT molecular complexity index is 1560. The van der Waals surface area contributed by atoms with Crippen LogP contribution in [0.3, 0.4) is 0 Å². The number of amides is 1. The number of ether oxygens (including phenoxy) is 2. The molecule has 0 N–H and O–H groups in total. The molecule has 4 heterocycles. The van der Waals surface area contributed by atoms with Gasteiger partial charge in [0.2, 0.25) is 5.88 Å². The third-order valence-electron chi connectivity index (χ3n) is 7.04. The summed E-state index contributed by atoms with van der Waals surface area (Å²) in [5, 5.41) is 0.367. The lowest BCUT2D eigenvalue weighted by Crippen LogP contribution is -2.53. The van der Waals surface area contributed by atoms with Crippen molar-refractivity contribution in [3.8, 4) is 11.6 Å². The second-order valence-electron chi connectivity index (χ2n) is 9.84. The average Bonchev–Trinajstić information content (AvgIpc) is 3.39. The number of carbonyl (C=O) groups is 1. The number of benzene rings is 1. The molecule has 2 bridgehead atoms. The molecule has 2 saturated heterocycles. The number of hydrogen-bond acceptors (Lipinski definition) is 7. The Morgan fingerprint density at radius 2 is 1.66 bits per heavy atom. The van der Waals surface area contributed by atoms with Gasteiger partial charge >= 0.3 is 18.4 Å². The van der Waals surface area contributed by atoms with Crippen molar-refractivity contribution in [1.29, 1.82) is 0 Å². The third-order valence-corrected chi connectivity index (χ3v) is 8.15. The van der Waals surface area contributed by atoms with Gasteiger partial charge in [-0.25, -0.2) is 27.6 Å². The molecule has 2 aliphatic heterocycles. The molecule has 2 aromatic heterocycles. The van der Waals surface area contributed by atoms with Gasteiger partial charge in [-0.3, -0.25) is 4.57 Å². The molecule has 17 heteroatoms.